The number of hydrogen-bond acceptors (Lipinski definition) is 1. The smallest absolute Gasteiger partial charge is 0.0434 e. The Kier molecular flexibility index (Phi) is 1.65. The van der Waals surface area contributed by atoms with E-state index in [1.54, 1.807) is 0 Å². The molecule has 0 bridgehead atoms. The number of nitrogens with zero attached hydrogens (tertiary/aromatic N) is 1. The van der Waals surface area contributed by atoms with Gasteiger partial charge in [0.1, 0.15) is 0 Å². The summed E-state index contributed by atoms with van der Waals surface area (Å²) < 4.78 is 0. The van der Waals surface area contributed by atoms with Gasteiger partial charge >= 0.3 is 0 Å². The molecule has 2 rings (SSSR count). The molecule has 0 aliphatic heterocycles. The molecule has 0 amide bonds. The van der Waals surface area contributed by atoms with E-state index in [4.69, 9.17) is 0 Å². The zero-order valence-corrected chi connectivity index (χ0v) is 6.83. The average Bonchev–Trinajstić information content (AvgIpc) is 2.87. The van der Waals surface area contributed by atoms with Crippen LogP contribution >= 0.6 is 0 Å². The van der Waals surface area contributed by atoms with Gasteiger partial charge in [-0.25, -0.2) is 0 Å². The van der Waals surface area contributed by atoms with E-state index in [0.717, 1.165) is 5.92 Å². The van der Waals surface area contributed by atoms with Gasteiger partial charge in [0.05, 0.1) is 0 Å². The molecule has 0 unspecified atom stereocenters. The molecule has 0 aromatic carbocycles. The fourth-order valence-corrected chi connectivity index (χ4v) is 1.48. The van der Waals surface area contributed by atoms with E-state index in [0.29, 0.717) is 5.92 Å². The zero-order chi connectivity index (χ0) is 7.68. The first kappa shape index (κ1) is 6.84. The van der Waals surface area contributed by atoms with Crippen molar-refractivity contribution in [3.63, 3.8) is 0 Å². The summed E-state index contributed by atoms with van der Waals surface area (Å²) in [5.74, 6) is 1.60. The highest BCUT2D eigenvalue weighted by Gasteiger charge is 2.29. The molecule has 0 N–H and O–H groups in total. The van der Waals surface area contributed by atoms with Crippen LogP contribution in [0.3, 0.4) is 0 Å². The van der Waals surface area contributed by atoms with Crippen molar-refractivity contribution in [1.29, 1.82) is 0 Å². The molecule has 1 atom stereocenters. The number of pyridine rings is 1. The lowest BCUT2D eigenvalue weighted by Crippen LogP contribution is -1.97. The van der Waals surface area contributed by atoms with E-state index in [2.05, 4.69) is 24.0 Å². The van der Waals surface area contributed by atoms with Gasteiger partial charge in [0, 0.05) is 17.8 Å². The molecule has 1 aliphatic carbocycles. The first-order chi connectivity index (χ1) is 5.38. The summed E-state index contributed by atoms with van der Waals surface area (Å²) in [6, 6.07) is 6.17. The number of aromatic nitrogens is 1. The van der Waals surface area contributed by atoms with Crippen LogP contribution in [-0.4, -0.2) is 4.98 Å². The summed E-state index contributed by atoms with van der Waals surface area (Å²) in [5.41, 5.74) is 1.26. The molecule has 0 radical (unpaired) electrons. The third-order valence-corrected chi connectivity index (χ3v) is 2.48. The summed E-state index contributed by atoms with van der Waals surface area (Å²) in [4.78, 5) is 4.34. The molecule has 11 heavy (non-hydrogen) atoms. The first-order valence-electron chi connectivity index (χ1n) is 4.29. The van der Waals surface area contributed by atoms with Crippen molar-refractivity contribution in [3.8, 4) is 0 Å². The van der Waals surface area contributed by atoms with E-state index < -0.39 is 0 Å². The third-order valence-electron chi connectivity index (χ3n) is 2.48. The lowest BCUT2D eigenvalue weighted by molar-refractivity contribution is 0.644. The molecule has 1 aromatic heterocycles. The molecule has 58 valence electrons. The molecule has 1 fully saturated rings. The Balaban J connectivity index is 2.15. The summed E-state index contributed by atoms with van der Waals surface area (Å²) >= 11 is 0. The van der Waals surface area contributed by atoms with Crippen LogP contribution in [0.1, 0.15) is 31.4 Å². The van der Waals surface area contributed by atoms with Gasteiger partial charge in [0.2, 0.25) is 0 Å². The van der Waals surface area contributed by atoms with E-state index in [-0.39, 0.29) is 0 Å². The van der Waals surface area contributed by atoms with Crippen molar-refractivity contribution < 1.29 is 0 Å². The maximum absolute atomic E-state index is 4.34. The minimum absolute atomic E-state index is 0.677. The van der Waals surface area contributed by atoms with E-state index in [9.17, 15) is 0 Å². The van der Waals surface area contributed by atoms with Crippen molar-refractivity contribution >= 4 is 0 Å². The second-order valence-corrected chi connectivity index (χ2v) is 3.38. The lowest BCUT2D eigenvalue weighted by Gasteiger charge is -2.07. The van der Waals surface area contributed by atoms with Crippen LogP contribution < -0.4 is 0 Å². The summed E-state index contributed by atoms with van der Waals surface area (Å²) in [6.45, 7) is 2.28. The van der Waals surface area contributed by atoms with Crippen LogP contribution in [0.5, 0.6) is 0 Å². The Morgan fingerprint density at radius 2 is 2.27 bits per heavy atom. The normalized spacial score (nSPS) is 19.7. The van der Waals surface area contributed by atoms with Gasteiger partial charge in [-0.15, -0.1) is 0 Å². The van der Waals surface area contributed by atoms with Crippen molar-refractivity contribution in [3.05, 3.63) is 30.1 Å². The van der Waals surface area contributed by atoms with Crippen LogP contribution in [0, 0.1) is 5.92 Å². The highest BCUT2D eigenvalue weighted by Crippen LogP contribution is 2.41. The van der Waals surface area contributed by atoms with Crippen LogP contribution in [-0.2, 0) is 0 Å². The van der Waals surface area contributed by atoms with Gasteiger partial charge in [0.25, 0.3) is 0 Å². The molecule has 0 spiro atoms. The average molecular weight is 147 g/mol. The first-order valence-corrected chi connectivity index (χ1v) is 4.29. The maximum Gasteiger partial charge on any atom is 0.0434 e. The quantitative estimate of drug-likeness (QED) is 0.626. The molecule has 1 heteroatoms. The van der Waals surface area contributed by atoms with Gasteiger partial charge in [-0.2, -0.15) is 0 Å². The minimum Gasteiger partial charge on any atom is -0.261 e. The predicted molar refractivity (Wildman–Crippen MR) is 45.4 cm³/mol. The minimum atomic E-state index is 0.677. The lowest BCUT2D eigenvalue weighted by atomic mass is 10.0. The van der Waals surface area contributed by atoms with Gasteiger partial charge in [0.15, 0.2) is 0 Å². The van der Waals surface area contributed by atoms with Crippen LogP contribution in [0.25, 0.3) is 0 Å². The number of rotatable bonds is 2. The number of hydrogen-bond donors (Lipinski definition) is 0. The Hall–Kier alpha value is -0.850. The van der Waals surface area contributed by atoms with Crippen molar-refractivity contribution in [2.75, 3.05) is 0 Å². The fraction of sp³-hybridized carbons (Fsp3) is 0.500. The Morgan fingerprint density at radius 3 is 2.82 bits per heavy atom. The van der Waals surface area contributed by atoms with Crippen LogP contribution in [0.2, 0.25) is 0 Å². The SMILES string of the molecule is C[C@H](c1ccccn1)C1CC1. The maximum atomic E-state index is 4.34. The summed E-state index contributed by atoms with van der Waals surface area (Å²) in [7, 11) is 0. The topological polar surface area (TPSA) is 12.9 Å². The highest BCUT2D eigenvalue weighted by molar-refractivity contribution is 5.11. The molecule has 1 aliphatic rings. The molecule has 1 saturated carbocycles. The molecule has 1 heterocycles. The summed E-state index contributed by atoms with van der Waals surface area (Å²) in [6.07, 6.45) is 4.68. The molecular formula is C10H13N. The molecule has 1 nitrogen and oxygen atoms in total. The Bertz CT molecular complexity index is 226. The van der Waals surface area contributed by atoms with Crippen molar-refractivity contribution in [2.24, 2.45) is 5.92 Å². The monoisotopic (exact) mass is 147 g/mol. The second-order valence-electron chi connectivity index (χ2n) is 3.38. The van der Waals surface area contributed by atoms with E-state index >= 15 is 0 Å². The fourth-order valence-electron chi connectivity index (χ4n) is 1.48. The van der Waals surface area contributed by atoms with Gasteiger partial charge in [-0.1, -0.05) is 13.0 Å². The molecular weight excluding hydrogens is 134 g/mol. The van der Waals surface area contributed by atoms with Gasteiger partial charge in [-0.3, -0.25) is 4.98 Å². The molecule has 0 saturated heterocycles. The third kappa shape index (κ3) is 1.42. The highest BCUT2D eigenvalue weighted by atomic mass is 14.7. The van der Waals surface area contributed by atoms with Crippen LogP contribution in [0.4, 0.5) is 0 Å². The van der Waals surface area contributed by atoms with E-state index in [1.165, 1.54) is 18.5 Å². The van der Waals surface area contributed by atoms with E-state index in [1.807, 2.05) is 12.3 Å². The Morgan fingerprint density at radius 1 is 1.45 bits per heavy atom. The molecule has 1 aromatic rings. The standard InChI is InChI=1S/C10H13N/c1-8(9-5-6-9)10-4-2-3-7-11-10/h2-4,7-9H,5-6H2,1H3/t8-/m0/s1. The zero-order valence-electron chi connectivity index (χ0n) is 6.83. The Labute approximate surface area is 67.5 Å². The summed E-state index contributed by atoms with van der Waals surface area (Å²) in [5, 5.41) is 0. The van der Waals surface area contributed by atoms with Crippen molar-refractivity contribution in [1.82, 2.24) is 4.98 Å². The largest absolute Gasteiger partial charge is 0.261 e. The predicted octanol–water partition coefficient (Wildman–Crippen LogP) is 2.60. The van der Waals surface area contributed by atoms with Gasteiger partial charge < -0.3 is 0 Å². The van der Waals surface area contributed by atoms with Gasteiger partial charge in [-0.05, 0) is 30.9 Å². The second kappa shape index (κ2) is 2.65. The van der Waals surface area contributed by atoms with Crippen LogP contribution in [0.15, 0.2) is 24.4 Å². The van der Waals surface area contributed by atoms with Crippen molar-refractivity contribution in [2.45, 2.75) is 25.7 Å².